The summed E-state index contributed by atoms with van der Waals surface area (Å²) in [5, 5.41) is 19.2. The first-order valence-electron chi connectivity index (χ1n) is 26.2. The molecule has 1 aliphatic rings. The Hall–Kier alpha value is -1.18. The van der Waals surface area contributed by atoms with Gasteiger partial charge in [0.1, 0.15) is 0 Å². The average molecular weight is 836 g/mol. The number of unbranched alkanes of at least 4 members (excludes halogenated alkanes) is 22. The molecule has 0 saturated heterocycles. The molecule has 0 bridgehead atoms. The smallest absolute Gasteiger partial charge is 0.308 e. The topological polar surface area (TPSA) is 96.3 Å². The van der Waals surface area contributed by atoms with Crippen LogP contribution in [0.5, 0.6) is 0 Å². The van der Waals surface area contributed by atoms with E-state index in [1.54, 1.807) is 0 Å². The number of carbonyl (C=O) groups is 2. The molecule has 1 saturated carbocycles. The maximum Gasteiger partial charge on any atom is 0.308 e. The maximum atomic E-state index is 13.8. The van der Waals surface area contributed by atoms with E-state index in [-0.39, 0.29) is 48.8 Å². The second-order valence-corrected chi connectivity index (χ2v) is 18.9. The lowest BCUT2D eigenvalue weighted by atomic mass is 9.78. The van der Waals surface area contributed by atoms with Gasteiger partial charge in [-0.25, -0.2) is 0 Å². The van der Waals surface area contributed by atoms with Crippen molar-refractivity contribution in [1.82, 2.24) is 4.90 Å². The van der Waals surface area contributed by atoms with Gasteiger partial charge in [-0.2, -0.15) is 0 Å². The predicted molar refractivity (Wildman–Crippen MR) is 250 cm³/mol. The van der Waals surface area contributed by atoms with Crippen molar-refractivity contribution >= 4 is 11.9 Å². The van der Waals surface area contributed by atoms with Crippen molar-refractivity contribution in [2.45, 2.75) is 258 Å². The zero-order valence-corrected chi connectivity index (χ0v) is 39.9. The van der Waals surface area contributed by atoms with E-state index in [1.807, 2.05) is 0 Å². The number of hydrogen-bond donors (Lipinski definition) is 2. The maximum absolute atomic E-state index is 13.8. The summed E-state index contributed by atoms with van der Waals surface area (Å²) in [7, 11) is 0. The molecule has 7 heteroatoms. The van der Waals surface area contributed by atoms with E-state index in [0.717, 1.165) is 109 Å². The number of hydrogen-bond acceptors (Lipinski definition) is 7. The van der Waals surface area contributed by atoms with E-state index in [1.165, 1.54) is 128 Å². The molecule has 0 aromatic heterocycles. The monoisotopic (exact) mass is 836 g/mol. The Morgan fingerprint density at radius 1 is 0.441 bits per heavy atom. The van der Waals surface area contributed by atoms with E-state index in [9.17, 15) is 19.8 Å². The third-order valence-electron chi connectivity index (χ3n) is 13.3. The second kappa shape index (κ2) is 40.9. The first-order chi connectivity index (χ1) is 28.9. The average Bonchev–Trinajstić information content (AvgIpc) is 3.24. The van der Waals surface area contributed by atoms with Gasteiger partial charge in [0.2, 0.25) is 0 Å². The van der Waals surface area contributed by atoms with Crippen LogP contribution in [0.25, 0.3) is 0 Å². The molecule has 0 spiro atoms. The Balaban J connectivity index is 3.05. The van der Waals surface area contributed by atoms with Crippen LogP contribution in [0.3, 0.4) is 0 Å². The van der Waals surface area contributed by atoms with Gasteiger partial charge in [0.25, 0.3) is 0 Å². The molecule has 59 heavy (non-hydrogen) atoms. The number of esters is 2. The van der Waals surface area contributed by atoms with Gasteiger partial charge >= 0.3 is 11.9 Å². The first-order valence-corrected chi connectivity index (χ1v) is 26.2. The van der Waals surface area contributed by atoms with Crippen LogP contribution in [0.4, 0.5) is 0 Å². The molecule has 0 amide bonds. The van der Waals surface area contributed by atoms with Gasteiger partial charge in [-0.05, 0) is 95.6 Å². The molecule has 0 heterocycles. The van der Waals surface area contributed by atoms with E-state index < -0.39 is 0 Å². The highest BCUT2D eigenvalue weighted by Gasteiger charge is 2.34. The SMILES string of the molecule is CCCCCCCCC(CCCCCCCC)C(=O)OC[C@@H]1CC(N(CCCCO)CCCCO)C[C@H](COC(=O)C(CCCCCCCC)CCCCCCCC)C1. The number of aliphatic hydroxyl groups is 2. The molecule has 0 aromatic carbocycles. The highest BCUT2D eigenvalue weighted by molar-refractivity contribution is 5.72. The molecule has 1 rings (SSSR count). The lowest BCUT2D eigenvalue weighted by molar-refractivity contribution is -0.152. The van der Waals surface area contributed by atoms with Crippen LogP contribution in [0.1, 0.15) is 252 Å². The van der Waals surface area contributed by atoms with E-state index in [2.05, 4.69) is 32.6 Å². The first kappa shape index (κ1) is 55.8. The third-order valence-corrected chi connectivity index (χ3v) is 13.3. The summed E-state index contributed by atoms with van der Waals surface area (Å²) in [5.41, 5.74) is 0. The minimum Gasteiger partial charge on any atom is -0.465 e. The van der Waals surface area contributed by atoms with Crippen LogP contribution in [-0.4, -0.2) is 72.6 Å². The van der Waals surface area contributed by atoms with Crippen LogP contribution >= 0.6 is 0 Å². The van der Waals surface area contributed by atoms with Crippen molar-refractivity contribution in [3.63, 3.8) is 0 Å². The lowest BCUT2D eigenvalue weighted by Gasteiger charge is -2.41. The molecule has 3 atom stereocenters. The Morgan fingerprint density at radius 2 is 0.746 bits per heavy atom. The minimum atomic E-state index is -0.00725. The largest absolute Gasteiger partial charge is 0.465 e. The minimum absolute atomic E-state index is 0.00666. The third kappa shape index (κ3) is 30.5. The highest BCUT2D eigenvalue weighted by Crippen LogP contribution is 2.34. The Labute approximate surface area is 366 Å². The van der Waals surface area contributed by atoms with Crippen molar-refractivity contribution in [1.29, 1.82) is 0 Å². The predicted octanol–water partition coefficient (Wildman–Crippen LogP) is 13.9. The number of rotatable bonds is 43. The molecule has 1 unspecified atom stereocenters. The summed E-state index contributed by atoms with van der Waals surface area (Å²) in [5.74, 6) is 0.453. The van der Waals surface area contributed by atoms with Gasteiger partial charge in [-0.3, -0.25) is 9.59 Å². The fraction of sp³-hybridized carbons (Fsp3) is 0.962. The molecule has 0 aliphatic heterocycles. The van der Waals surface area contributed by atoms with Crippen LogP contribution in [-0.2, 0) is 19.1 Å². The Kier molecular flexibility index (Phi) is 38.7. The number of ether oxygens (including phenoxy) is 2. The molecule has 1 fully saturated rings. The summed E-state index contributed by atoms with van der Waals surface area (Å²) in [4.78, 5) is 30.2. The standard InChI is InChI=1S/C52H101NO6/c1-5-9-13-17-21-25-33-48(34-26-22-18-14-10-6-2)51(56)58-44-46-41-47(43-50(42-46)53(37-29-31-39-54)38-30-32-40-55)45-59-52(57)49(35-27-23-19-15-11-7-3)36-28-24-20-16-12-8-4/h46-50,54-55H,5-45H2,1-4H3/t46-,47+,50?. The van der Waals surface area contributed by atoms with Crippen molar-refractivity contribution in [2.24, 2.45) is 23.7 Å². The number of aliphatic hydroxyl groups excluding tert-OH is 2. The van der Waals surface area contributed by atoms with Gasteiger partial charge in [-0.1, -0.05) is 182 Å². The van der Waals surface area contributed by atoms with Crippen LogP contribution in [0, 0.1) is 23.7 Å². The molecule has 350 valence electrons. The summed E-state index contributed by atoms with van der Waals surface area (Å²) in [6, 6.07) is 0.303. The zero-order valence-electron chi connectivity index (χ0n) is 39.9. The molecule has 0 aromatic rings. The Bertz CT molecular complexity index is 829. The molecule has 7 nitrogen and oxygen atoms in total. The molecule has 1 aliphatic carbocycles. The van der Waals surface area contributed by atoms with Gasteiger partial charge < -0.3 is 24.6 Å². The number of nitrogens with zero attached hydrogens (tertiary/aromatic N) is 1. The second-order valence-electron chi connectivity index (χ2n) is 18.9. The van der Waals surface area contributed by atoms with Crippen molar-refractivity contribution < 1.29 is 29.3 Å². The summed E-state index contributed by atoms with van der Waals surface area (Å²) >= 11 is 0. The number of carbonyl (C=O) groups excluding carboxylic acids is 2. The highest BCUT2D eigenvalue weighted by atomic mass is 16.5. The van der Waals surface area contributed by atoms with Gasteiger partial charge in [0.05, 0.1) is 25.0 Å². The summed E-state index contributed by atoms with van der Waals surface area (Å²) in [6.45, 7) is 12.1. The van der Waals surface area contributed by atoms with Gasteiger partial charge in [0.15, 0.2) is 0 Å². The van der Waals surface area contributed by atoms with Gasteiger partial charge in [0, 0.05) is 19.3 Å². The van der Waals surface area contributed by atoms with E-state index >= 15 is 0 Å². The summed E-state index contributed by atoms with van der Waals surface area (Å²) < 4.78 is 12.6. The molecule has 2 N–H and O–H groups in total. The zero-order chi connectivity index (χ0) is 43.0. The summed E-state index contributed by atoms with van der Waals surface area (Å²) in [6.07, 6.45) is 39.6. The van der Waals surface area contributed by atoms with E-state index in [0.29, 0.717) is 19.3 Å². The van der Waals surface area contributed by atoms with Crippen molar-refractivity contribution in [3.8, 4) is 0 Å². The van der Waals surface area contributed by atoms with Crippen molar-refractivity contribution in [3.05, 3.63) is 0 Å². The molecule has 0 radical (unpaired) electrons. The molecular weight excluding hydrogens is 735 g/mol. The van der Waals surface area contributed by atoms with Crippen molar-refractivity contribution in [2.75, 3.05) is 39.5 Å². The van der Waals surface area contributed by atoms with E-state index in [4.69, 9.17) is 9.47 Å². The Morgan fingerprint density at radius 3 is 1.05 bits per heavy atom. The quantitative estimate of drug-likeness (QED) is 0.0466. The van der Waals surface area contributed by atoms with Crippen LogP contribution in [0.2, 0.25) is 0 Å². The van der Waals surface area contributed by atoms with Crippen LogP contribution in [0.15, 0.2) is 0 Å². The normalized spacial score (nSPS) is 17.1. The fourth-order valence-corrected chi connectivity index (χ4v) is 9.51. The van der Waals surface area contributed by atoms with Gasteiger partial charge in [-0.15, -0.1) is 0 Å². The molecular formula is C52H101NO6. The van der Waals surface area contributed by atoms with Crippen LogP contribution < -0.4 is 0 Å². The lowest BCUT2D eigenvalue weighted by Crippen LogP contribution is -2.44. The fourth-order valence-electron chi connectivity index (χ4n) is 9.51.